The maximum atomic E-state index is 15.1. The molecule has 0 radical (unpaired) electrons. The molecule has 1 saturated heterocycles. The Kier molecular flexibility index (Phi) is 7.01. The van der Waals surface area contributed by atoms with Crippen molar-refractivity contribution < 1.29 is 28.6 Å². The van der Waals surface area contributed by atoms with E-state index in [0.29, 0.717) is 41.6 Å². The van der Waals surface area contributed by atoms with E-state index in [2.05, 4.69) is 13.8 Å². The van der Waals surface area contributed by atoms with Crippen molar-refractivity contribution in [2.75, 3.05) is 6.61 Å². The quantitative estimate of drug-likeness (QED) is 0.191. The van der Waals surface area contributed by atoms with E-state index in [-0.39, 0.29) is 11.9 Å². The van der Waals surface area contributed by atoms with Crippen molar-refractivity contribution in [3.63, 3.8) is 0 Å². The first-order valence-electron chi connectivity index (χ1n) is 19.6. The number of hydrogen-bond donors (Lipinski definition) is 0. The number of ether oxygens (including phenoxy) is 3. The van der Waals surface area contributed by atoms with Gasteiger partial charge in [0.15, 0.2) is 0 Å². The summed E-state index contributed by atoms with van der Waals surface area (Å²) < 4.78 is 19.0. The molecule has 6 nitrogen and oxygen atoms in total. The van der Waals surface area contributed by atoms with E-state index in [1.165, 1.54) is 51.4 Å². The molecule has 0 N–H and O–H groups in total. The lowest BCUT2D eigenvalue weighted by molar-refractivity contribution is -0.221. The number of fused-ring (bicyclic) bond motifs is 2. The highest BCUT2D eigenvalue weighted by Crippen LogP contribution is 2.65. The van der Waals surface area contributed by atoms with Crippen LogP contribution in [0.4, 0.5) is 0 Å². The first kappa shape index (κ1) is 30.6. The van der Waals surface area contributed by atoms with Crippen molar-refractivity contribution in [2.45, 2.75) is 136 Å². The van der Waals surface area contributed by atoms with Gasteiger partial charge in [-0.1, -0.05) is 6.92 Å². The van der Waals surface area contributed by atoms with Gasteiger partial charge in [0.1, 0.15) is 5.60 Å². The highest BCUT2D eigenvalue weighted by molar-refractivity contribution is 6.00. The van der Waals surface area contributed by atoms with Gasteiger partial charge in [-0.3, -0.25) is 14.4 Å². The SMILES string of the molecule is CC(OCCC12CC3CC(CC(C3)C1)C2)C1C(=O)OC(=O)C1C(C)(C(=O)OC1(C)C2CC3CC(C2)CC1C3)C1C2CCC(C2)C1C. The van der Waals surface area contributed by atoms with E-state index in [4.69, 9.17) is 14.2 Å². The Labute approximate surface area is 276 Å². The summed E-state index contributed by atoms with van der Waals surface area (Å²) >= 11 is 0. The minimum absolute atomic E-state index is 0.00404. The topological polar surface area (TPSA) is 78.9 Å². The summed E-state index contributed by atoms with van der Waals surface area (Å²) in [5.74, 6) is 3.34. The van der Waals surface area contributed by atoms with Crippen LogP contribution in [0.25, 0.3) is 0 Å². The van der Waals surface area contributed by atoms with Crippen LogP contribution < -0.4 is 0 Å². The zero-order chi connectivity index (χ0) is 31.7. The molecule has 0 amide bonds. The fourth-order valence-electron chi connectivity index (χ4n) is 15.4. The number of carbonyl (C=O) groups is 3. The molecule has 10 aliphatic carbocycles. The number of hydrogen-bond acceptors (Lipinski definition) is 6. The van der Waals surface area contributed by atoms with Crippen LogP contribution in [0, 0.1) is 87.8 Å². The molecule has 11 aliphatic rings. The molecule has 8 atom stereocenters. The van der Waals surface area contributed by atoms with Crippen LogP contribution in [-0.4, -0.2) is 36.2 Å². The molecule has 0 spiro atoms. The van der Waals surface area contributed by atoms with Gasteiger partial charge in [-0.2, -0.15) is 0 Å². The Hall–Kier alpha value is -1.43. The Bertz CT molecular complexity index is 1220. The largest absolute Gasteiger partial charge is 0.458 e. The average molecular weight is 635 g/mol. The highest BCUT2D eigenvalue weighted by Gasteiger charge is 2.68. The van der Waals surface area contributed by atoms with Crippen LogP contribution in [0.5, 0.6) is 0 Å². The third kappa shape index (κ3) is 4.45. The summed E-state index contributed by atoms with van der Waals surface area (Å²) in [5.41, 5.74) is -1.22. The van der Waals surface area contributed by atoms with Gasteiger partial charge in [0.25, 0.3) is 0 Å². The van der Waals surface area contributed by atoms with Crippen LogP contribution in [0.2, 0.25) is 0 Å². The van der Waals surface area contributed by atoms with Crippen molar-refractivity contribution in [1.29, 1.82) is 0 Å². The lowest BCUT2D eigenvalue weighted by Crippen LogP contribution is -2.61. The molecule has 0 aromatic rings. The Morgan fingerprint density at radius 2 is 1.41 bits per heavy atom. The molecule has 0 aromatic carbocycles. The number of rotatable bonds is 9. The molecule has 8 unspecified atom stereocenters. The van der Waals surface area contributed by atoms with Crippen LogP contribution in [0.1, 0.15) is 124 Å². The van der Waals surface area contributed by atoms with E-state index in [1.807, 2.05) is 13.8 Å². The minimum Gasteiger partial charge on any atom is -0.458 e. The molecule has 46 heavy (non-hydrogen) atoms. The standard InChI is InChI=1S/C40H58O6/c1-21-28-5-6-29(17-28)33(21)38(3,37(43)46-39(4)30-13-23-9-24(15-30)16-31(39)14-23)34-32(35(41)45-36(34)42)22(2)44-8-7-40-18-25-10-26(19-40)12-27(11-25)20-40/h21-34H,5-20H2,1-4H3. The Balaban J connectivity index is 0.986. The summed E-state index contributed by atoms with van der Waals surface area (Å²) in [4.78, 5) is 42.6. The van der Waals surface area contributed by atoms with Crippen LogP contribution in [-0.2, 0) is 28.6 Å². The van der Waals surface area contributed by atoms with Gasteiger partial charge in [-0.15, -0.1) is 0 Å². The highest BCUT2D eigenvalue weighted by atomic mass is 16.6. The lowest BCUT2D eigenvalue weighted by atomic mass is 9.49. The predicted molar refractivity (Wildman–Crippen MR) is 172 cm³/mol. The first-order chi connectivity index (χ1) is 22.0. The molecule has 254 valence electrons. The fraction of sp³-hybridized carbons (Fsp3) is 0.925. The second-order valence-corrected chi connectivity index (χ2v) is 19.4. The van der Waals surface area contributed by atoms with E-state index in [0.717, 1.165) is 74.5 Å². The summed E-state index contributed by atoms with van der Waals surface area (Å²) in [6, 6.07) is 0. The Morgan fingerprint density at radius 1 is 0.848 bits per heavy atom. The molecule has 10 saturated carbocycles. The maximum Gasteiger partial charge on any atom is 0.320 e. The Morgan fingerprint density at radius 3 is 1.98 bits per heavy atom. The zero-order valence-corrected chi connectivity index (χ0v) is 28.8. The van der Waals surface area contributed by atoms with E-state index in [1.54, 1.807) is 0 Å². The number of carbonyl (C=O) groups excluding carboxylic acids is 3. The van der Waals surface area contributed by atoms with E-state index in [9.17, 15) is 9.59 Å². The normalized spacial score (nSPS) is 53.1. The molecule has 1 heterocycles. The third-order valence-corrected chi connectivity index (χ3v) is 17.0. The summed E-state index contributed by atoms with van der Waals surface area (Å²) in [5, 5.41) is 0. The monoisotopic (exact) mass is 634 g/mol. The molecule has 11 rings (SSSR count). The summed E-state index contributed by atoms with van der Waals surface area (Å²) in [7, 11) is 0. The van der Waals surface area contributed by atoms with Gasteiger partial charge >= 0.3 is 17.9 Å². The molecular formula is C40H58O6. The van der Waals surface area contributed by atoms with Gasteiger partial charge in [-0.25, -0.2) is 0 Å². The molecule has 1 aliphatic heterocycles. The van der Waals surface area contributed by atoms with Crippen molar-refractivity contribution in [2.24, 2.45) is 87.8 Å². The molecular weight excluding hydrogens is 576 g/mol. The smallest absolute Gasteiger partial charge is 0.320 e. The lowest BCUT2D eigenvalue weighted by Gasteiger charge is -2.60. The van der Waals surface area contributed by atoms with Gasteiger partial charge in [0.2, 0.25) is 0 Å². The van der Waals surface area contributed by atoms with Gasteiger partial charge < -0.3 is 14.2 Å². The van der Waals surface area contributed by atoms with Gasteiger partial charge in [-0.05, 0) is 188 Å². The maximum absolute atomic E-state index is 15.1. The summed E-state index contributed by atoms with van der Waals surface area (Å²) in [6.07, 6.45) is 18.1. The second-order valence-electron chi connectivity index (χ2n) is 19.4. The second kappa shape index (κ2) is 10.5. The summed E-state index contributed by atoms with van der Waals surface area (Å²) in [6.45, 7) is 9.04. The van der Waals surface area contributed by atoms with E-state index >= 15 is 4.79 Å². The van der Waals surface area contributed by atoms with Gasteiger partial charge in [0, 0.05) is 6.61 Å². The zero-order valence-electron chi connectivity index (χ0n) is 28.8. The van der Waals surface area contributed by atoms with Crippen LogP contribution in [0.3, 0.4) is 0 Å². The van der Waals surface area contributed by atoms with Crippen LogP contribution in [0.15, 0.2) is 0 Å². The van der Waals surface area contributed by atoms with Crippen LogP contribution >= 0.6 is 0 Å². The predicted octanol–water partition coefficient (Wildman–Crippen LogP) is 7.76. The van der Waals surface area contributed by atoms with Crippen molar-refractivity contribution in [1.82, 2.24) is 0 Å². The average Bonchev–Trinajstić information content (AvgIpc) is 3.67. The van der Waals surface area contributed by atoms with Crippen molar-refractivity contribution in [3.05, 3.63) is 0 Å². The molecule has 10 bridgehead atoms. The van der Waals surface area contributed by atoms with E-state index < -0.39 is 40.9 Å². The molecule has 6 heteroatoms. The molecule has 0 aromatic heterocycles. The number of esters is 3. The van der Waals surface area contributed by atoms with Crippen molar-refractivity contribution in [3.8, 4) is 0 Å². The molecule has 11 fully saturated rings. The van der Waals surface area contributed by atoms with Gasteiger partial charge in [0.05, 0.1) is 23.4 Å². The fourth-order valence-corrected chi connectivity index (χ4v) is 15.4. The van der Waals surface area contributed by atoms with Crippen molar-refractivity contribution >= 4 is 17.9 Å². The number of cyclic esters (lactones) is 2. The first-order valence-corrected chi connectivity index (χ1v) is 19.6. The third-order valence-electron chi connectivity index (χ3n) is 17.0. The minimum atomic E-state index is -1.12.